The van der Waals surface area contributed by atoms with Crippen molar-refractivity contribution in [3.63, 3.8) is 0 Å². The lowest BCUT2D eigenvalue weighted by Gasteiger charge is -2.04. The van der Waals surface area contributed by atoms with Crippen LogP contribution in [0.2, 0.25) is 0 Å². The molecule has 8 heteroatoms. The van der Waals surface area contributed by atoms with E-state index in [0.29, 0.717) is 6.42 Å². The molecule has 0 aromatic heterocycles. The van der Waals surface area contributed by atoms with Crippen LogP contribution in [-0.4, -0.2) is 39.1 Å². The van der Waals surface area contributed by atoms with Gasteiger partial charge in [-0.15, -0.1) is 0 Å². The Bertz CT molecular complexity index is 460. The van der Waals surface area contributed by atoms with Gasteiger partial charge in [0.2, 0.25) is 0 Å². The van der Waals surface area contributed by atoms with Crippen molar-refractivity contribution in [3.8, 4) is 17.2 Å². The van der Waals surface area contributed by atoms with E-state index in [4.69, 9.17) is 20.6 Å². The molecular formula is C13H18O8. The van der Waals surface area contributed by atoms with Gasteiger partial charge in [-0.1, -0.05) is 6.92 Å². The second-order valence-electron chi connectivity index (χ2n) is 3.80. The minimum atomic E-state index is -0.668. The molecule has 0 spiro atoms. The van der Waals surface area contributed by atoms with E-state index in [1.807, 2.05) is 6.92 Å². The standard InChI is InChI=1S/C9H10O5.C4H8O3/c1-2-14-9(13)5-3-6(10)8(12)7(11)4-5;1-2-3-4(5)7-6/h3-4,10-12H,2H2,1H3;6H,2-3H2,1H3. The highest BCUT2D eigenvalue weighted by Gasteiger charge is 2.13. The quantitative estimate of drug-likeness (QED) is 0.286. The van der Waals surface area contributed by atoms with E-state index < -0.39 is 29.2 Å². The van der Waals surface area contributed by atoms with Gasteiger partial charge in [0.1, 0.15) is 0 Å². The molecule has 0 unspecified atom stereocenters. The average Bonchev–Trinajstić information content (AvgIpc) is 2.45. The highest BCUT2D eigenvalue weighted by molar-refractivity contribution is 5.91. The van der Waals surface area contributed by atoms with Gasteiger partial charge in [-0.3, -0.25) is 0 Å². The summed E-state index contributed by atoms with van der Waals surface area (Å²) in [5.41, 5.74) is -0.0142. The summed E-state index contributed by atoms with van der Waals surface area (Å²) >= 11 is 0. The van der Waals surface area contributed by atoms with Crippen molar-refractivity contribution < 1.29 is 39.8 Å². The van der Waals surface area contributed by atoms with Crippen LogP contribution in [0, 0.1) is 0 Å². The van der Waals surface area contributed by atoms with Crippen molar-refractivity contribution in [1.82, 2.24) is 0 Å². The van der Waals surface area contributed by atoms with Crippen molar-refractivity contribution >= 4 is 11.9 Å². The summed E-state index contributed by atoms with van der Waals surface area (Å²) < 4.78 is 4.63. The monoisotopic (exact) mass is 302 g/mol. The molecule has 0 aliphatic heterocycles. The number of hydrogen-bond donors (Lipinski definition) is 4. The number of benzene rings is 1. The largest absolute Gasteiger partial charge is 0.504 e. The van der Waals surface area contributed by atoms with Gasteiger partial charge < -0.3 is 24.9 Å². The number of carbonyl (C=O) groups excluding carboxylic acids is 2. The van der Waals surface area contributed by atoms with Crippen LogP contribution in [0.3, 0.4) is 0 Å². The molecular weight excluding hydrogens is 284 g/mol. The minimum Gasteiger partial charge on any atom is -0.504 e. The van der Waals surface area contributed by atoms with Crippen LogP contribution in [0.4, 0.5) is 0 Å². The molecule has 0 bridgehead atoms. The molecule has 1 aromatic carbocycles. The van der Waals surface area contributed by atoms with Crippen molar-refractivity contribution in [1.29, 1.82) is 0 Å². The third-order valence-corrected chi connectivity index (χ3v) is 2.14. The van der Waals surface area contributed by atoms with Crippen LogP contribution in [0.25, 0.3) is 0 Å². The minimum absolute atomic E-state index is 0.0142. The summed E-state index contributed by atoms with van der Waals surface area (Å²) in [7, 11) is 0. The van der Waals surface area contributed by atoms with Gasteiger partial charge in [-0.25, -0.2) is 9.59 Å². The zero-order valence-electron chi connectivity index (χ0n) is 11.7. The first-order valence-corrected chi connectivity index (χ1v) is 6.13. The maximum Gasteiger partial charge on any atom is 0.342 e. The van der Waals surface area contributed by atoms with Crippen molar-refractivity contribution in [2.24, 2.45) is 0 Å². The SMILES string of the molecule is CCCC(=O)OO.CCOC(=O)c1cc(O)c(O)c(O)c1. The Morgan fingerprint density at radius 2 is 1.62 bits per heavy atom. The molecule has 0 atom stereocenters. The van der Waals surface area contributed by atoms with Gasteiger partial charge in [0, 0.05) is 6.42 Å². The first-order valence-electron chi connectivity index (χ1n) is 6.13. The highest BCUT2D eigenvalue weighted by Crippen LogP contribution is 2.35. The van der Waals surface area contributed by atoms with E-state index in [2.05, 4.69) is 9.62 Å². The maximum absolute atomic E-state index is 11.1. The topological polar surface area (TPSA) is 134 Å². The highest BCUT2D eigenvalue weighted by atomic mass is 17.1. The van der Waals surface area contributed by atoms with Crippen LogP contribution < -0.4 is 0 Å². The second kappa shape index (κ2) is 9.43. The average molecular weight is 302 g/mol. The number of phenolic OH excluding ortho intramolecular Hbond substituents is 3. The third kappa shape index (κ3) is 6.48. The van der Waals surface area contributed by atoms with E-state index in [1.54, 1.807) is 6.92 Å². The fraction of sp³-hybridized carbons (Fsp3) is 0.385. The van der Waals surface area contributed by atoms with Crippen LogP contribution in [-0.2, 0) is 14.4 Å². The number of phenols is 3. The molecule has 0 aliphatic carbocycles. The van der Waals surface area contributed by atoms with Crippen molar-refractivity contribution in [2.75, 3.05) is 6.61 Å². The van der Waals surface area contributed by atoms with E-state index in [1.165, 1.54) is 0 Å². The number of esters is 1. The third-order valence-electron chi connectivity index (χ3n) is 2.14. The molecule has 0 aliphatic rings. The Morgan fingerprint density at radius 1 is 1.10 bits per heavy atom. The zero-order valence-corrected chi connectivity index (χ0v) is 11.7. The lowest BCUT2D eigenvalue weighted by molar-refractivity contribution is -0.234. The second-order valence-corrected chi connectivity index (χ2v) is 3.80. The molecule has 0 radical (unpaired) electrons. The van der Waals surface area contributed by atoms with Gasteiger partial charge in [-0.2, -0.15) is 5.26 Å². The first-order chi connectivity index (χ1) is 9.87. The van der Waals surface area contributed by atoms with Crippen LogP contribution >= 0.6 is 0 Å². The smallest absolute Gasteiger partial charge is 0.342 e. The lowest BCUT2D eigenvalue weighted by Crippen LogP contribution is -2.04. The maximum atomic E-state index is 11.1. The van der Waals surface area contributed by atoms with Gasteiger partial charge in [0.15, 0.2) is 17.2 Å². The summed E-state index contributed by atoms with van der Waals surface area (Å²) in [6.07, 6.45) is 0.996. The van der Waals surface area contributed by atoms with Crippen LogP contribution in [0.1, 0.15) is 37.0 Å². The van der Waals surface area contributed by atoms with Crippen molar-refractivity contribution in [3.05, 3.63) is 17.7 Å². The van der Waals surface area contributed by atoms with Crippen molar-refractivity contribution in [2.45, 2.75) is 26.7 Å². The Hall–Kier alpha value is -2.48. The number of hydrogen-bond acceptors (Lipinski definition) is 8. The summed E-state index contributed by atoms with van der Waals surface area (Å²) in [6.45, 7) is 3.66. The predicted octanol–water partition coefficient (Wildman–Crippen LogP) is 1.78. The molecule has 0 saturated carbocycles. The molecule has 21 heavy (non-hydrogen) atoms. The normalized spacial score (nSPS) is 9.29. The number of ether oxygens (including phenoxy) is 1. The van der Waals surface area contributed by atoms with Gasteiger partial charge in [0.05, 0.1) is 12.2 Å². The summed E-state index contributed by atoms with van der Waals surface area (Å²) in [4.78, 5) is 24.4. The Morgan fingerprint density at radius 3 is 1.95 bits per heavy atom. The zero-order chi connectivity index (χ0) is 16.4. The molecule has 118 valence electrons. The molecule has 0 heterocycles. The number of rotatable bonds is 4. The van der Waals surface area contributed by atoms with Gasteiger partial charge in [-0.05, 0) is 25.5 Å². The molecule has 1 rings (SSSR count). The molecule has 8 nitrogen and oxygen atoms in total. The molecule has 0 fully saturated rings. The summed E-state index contributed by atoms with van der Waals surface area (Å²) in [6, 6.07) is 2.04. The molecule has 4 N–H and O–H groups in total. The Balaban J connectivity index is 0.000000486. The number of aromatic hydroxyl groups is 3. The fourth-order valence-corrected chi connectivity index (χ4v) is 1.19. The summed E-state index contributed by atoms with van der Waals surface area (Å²) in [5.74, 6) is -3.01. The Kier molecular flexibility index (Phi) is 8.31. The molecule has 0 amide bonds. The van der Waals surface area contributed by atoms with Crippen LogP contribution in [0.5, 0.6) is 17.2 Å². The predicted molar refractivity (Wildman–Crippen MR) is 71.0 cm³/mol. The fourth-order valence-electron chi connectivity index (χ4n) is 1.19. The van der Waals surface area contributed by atoms with E-state index in [9.17, 15) is 9.59 Å². The first kappa shape index (κ1) is 18.5. The van der Waals surface area contributed by atoms with E-state index in [0.717, 1.165) is 12.1 Å². The van der Waals surface area contributed by atoms with E-state index in [-0.39, 0.29) is 18.6 Å². The van der Waals surface area contributed by atoms with Gasteiger partial charge in [0.25, 0.3) is 0 Å². The Labute approximate surface area is 121 Å². The number of carbonyl (C=O) groups is 2. The van der Waals surface area contributed by atoms with Crippen LogP contribution in [0.15, 0.2) is 12.1 Å². The lowest BCUT2D eigenvalue weighted by atomic mass is 10.2. The summed E-state index contributed by atoms with van der Waals surface area (Å²) in [5, 5.41) is 34.8. The van der Waals surface area contributed by atoms with Gasteiger partial charge >= 0.3 is 11.9 Å². The van der Waals surface area contributed by atoms with E-state index >= 15 is 0 Å². The molecule has 1 aromatic rings. The molecule has 0 saturated heterocycles.